The molecule has 0 aliphatic carbocycles. The van der Waals surface area contributed by atoms with Crippen molar-refractivity contribution in [2.45, 2.75) is 30.9 Å². The largest absolute Gasteiger partial charge is 0.508 e. The van der Waals surface area contributed by atoms with Gasteiger partial charge in [0.05, 0.1) is 11.6 Å². The minimum atomic E-state index is -0.597. The fourth-order valence-electron chi connectivity index (χ4n) is 3.03. The minimum Gasteiger partial charge on any atom is -0.508 e. The van der Waals surface area contributed by atoms with Crippen molar-refractivity contribution in [2.24, 2.45) is 4.99 Å². The molecular weight excluding hydrogens is 314 g/mol. The van der Waals surface area contributed by atoms with Crippen LogP contribution in [0.15, 0.2) is 71.7 Å². The number of aliphatic hydroxyl groups excluding tert-OH is 1. The van der Waals surface area contributed by atoms with Crippen molar-refractivity contribution in [1.29, 1.82) is 0 Å². The van der Waals surface area contributed by atoms with Crippen LogP contribution in [-0.2, 0) is 6.42 Å². The van der Waals surface area contributed by atoms with E-state index in [1.54, 1.807) is 18.3 Å². The highest BCUT2D eigenvalue weighted by Gasteiger charge is 2.30. The van der Waals surface area contributed by atoms with Crippen molar-refractivity contribution < 1.29 is 14.9 Å². The number of ether oxygens (including phenoxy) is 1. The second kappa shape index (κ2) is 7.99. The maximum Gasteiger partial charge on any atom is 0.119 e. The van der Waals surface area contributed by atoms with Crippen molar-refractivity contribution in [1.82, 2.24) is 0 Å². The molecule has 0 amide bonds. The monoisotopic (exact) mass is 337 g/mol. The summed E-state index contributed by atoms with van der Waals surface area (Å²) in [6, 6.07) is 16.7. The fraction of sp³-hybridized carbons (Fsp3) is 0.286. The van der Waals surface area contributed by atoms with Gasteiger partial charge in [-0.2, -0.15) is 0 Å². The molecule has 2 aromatic carbocycles. The van der Waals surface area contributed by atoms with E-state index in [1.807, 2.05) is 48.5 Å². The van der Waals surface area contributed by atoms with Crippen LogP contribution in [0.4, 0.5) is 0 Å². The molecule has 2 unspecified atom stereocenters. The van der Waals surface area contributed by atoms with Crippen LogP contribution >= 0.6 is 0 Å². The first-order valence-electron chi connectivity index (χ1n) is 8.52. The summed E-state index contributed by atoms with van der Waals surface area (Å²) in [7, 11) is 0. The molecule has 4 nitrogen and oxygen atoms in total. The molecule has 0 radical (unpaired) electrons. The molecule has 1 aliphatic heterocycles. The Balaban J connectivity index is 1.55. The number of phenols is 1. The number of aryl methyl sites for hydroxylation is 1. The number of benzene rings is 2. The van der Waals surface area contributed by atoms with Gasteiger partial charge in [0.1, 0.15) is 18.1 Å². The number of allylic oxidation sites excluding steroid dienone is 1. The average Bonchev–Trinajstić information content (AvgIpc) is 3.09. The fourth-order valence-corrected chi connectivity index (χ4v) is 3.03. The molecule has 0 spiro atoms. The Bertz CT molecular complexity index is 711. The van der Waals surface area contributed by atoms with E-state index in [4.69, 9.17) is 4.74 Å². The second-order valence-corrected chi connectivity index (χ2v) is 6.39. The van der Waals surface area contributed by atoms with Gasteiger partial charge in [-0.25, -0.2) is 0 Å². The zero-order chi connectivity index (χ0) is 17.5. The Hall–Kier alpha value is -2.59. The Labute approximate surface area is 148 Å². The summed E-state index contributed by atoms with van der Waals surface area (Å²) in [4.78, 5) is 4.59. The third-order valence-corrected chi connectivity index (χ3v) is 4.38. The van der Waals surface area contributed by atoms with E-state index in [2.05, 4.69) is 11.1 Å². The van der Waals surface area contributed by atoms with Crippen LogP contribution in [0.5, 0.6) is 11.5 Å². The van der Waals surface area contributed by atoms with Gasteiger partial charge >= 0.3 is 0 Å². The zero-order valence-electron chi connectivity index (χ0n) is 14.1. The summed E-state index contributed by atoms with van der Waals surface area (Å²) < 4.78 is 5.65. The normalized spacial score (nSPS) is 19.9. The smallest absolute Gasteiger partial charge is 0.119 e. The van der Waals surface area contributed by atoms with Crippen molar-refractivity contribution in [3.8, 4) is 11.5 Å². The minimum absolute atomic E-state index is 0.244. The molecule has 2 N–H and O–H groups in total. The number of hydrogen-bond acceptors (Lipinski definition) is 4. The Morgan fingerprint density at radius 3 is 2.48 bits per heavy atom. The molecule has 0 fully saturated rings. The predicted octanol–water partition coefficient (Wildman–Crippen LogP) is 3.53. The van der Waals surface area contributed by atoms with Gasteiger partial charge in [0, 0.05) is 12.6 Å². The van der Waals surface area contributed by atoms with Crippen molar-refractivity contribution in [2.75, 3.05) is 6.61 Å². The van der Waals surface area contributed by atoms with Gasteiger partial charge in [-0.1, -0.05) is 36.4 Å². The molecule has 3 rings (SSSR count). The number of aliphatic hydroxyl groups is 1. The van der Waals surface area contributed by atoms with E-state index >= 15 is 0 Å². The standard InChI is InChI=1S/C21H23NO3/c23-18-9-7-17(8-10-18)11-13-21(12-4-14-22-21)15-19(24)16-25-20-5-2-1-3-6-20/h1-10,12,14,19,23-24H,11,13,15-16H2. The molecule has 130 valence electrons. The first kappa shape index (κ1) is 17.2. The van der Waals surface area contributed by atoms with E-state index in [-0.39, 0.29) is 12.4 Å². The quantitative estimate of drug-likeness (QED) is 0.774. The zero-order valence-corrected chi connectivity index (χ0v) is 14.1. The van der Waals surface area contributed by atoms with Gasteiger partial charge in [0.15, 0.2) is 0 Å². The van der Waals surface area contributed by atoms with Gasteiger partial charge in [0.25, 0.3) is 0 Å². The van der Waals surface area contributed by atoms with E-state index in [0.717, 1.165) is 24.2 Å². The Morgan fingerprint density at radius 1 is 1.04 bits per heavy atom. The molecular formula is C21H23NO3. The molecule has 2 aromatic rings. The van der Waals surface area contributed by atoms with Crippen LogP contribution in [0.25, 0.3) is 0 Å². The van der Waals surface area contributed by atoms with Gasteiger partial charge in [0.2, 0.25) is 0 Å². The summed E-state index contributed by atoms with van der Waals surface area (Å²) in [5.41, 5.74) is 0.750. The number of aliphatic imine (C=N–C) groups is 1. The van der Waals surface area contributed by atoms with Crippen LogP contribution in [-0.4, -0.2) is 34.7 Å². The summed E-state index contributed by atoms with van der Waals surface area (Å²) in [5.74, 6) is 1.02. The van der Waals surface area contributed by atoms with Gasteiger partial charge in [-0.05, 0) is 48.7 Å². The second-order valence-electron chi connectivity index (χ2n) is 6.39. The van der Waals surface area contributed by atoms with E-state index in [1.165, 1.54) is 0 Å². The molecule has 1 aliphatic rings. The third-order valence-electron chi connectivity index (χ3n) is 4.38. The molecule has 0 saturated heterocycles. The van der Waals surface area contributed by atoms with Crippen LogP contribution in [0.3, 0.4) is 0 Å². The lowest BCUT2D eigenvalue weighted by Gasteiger charge is -2.27. The number of para-hydroxylation sites is 1. The lowest BCUT2D eigenvalue weighted by atomic mass is 9.87. The predicted molar refractivity (Wildman–Crippen MR) is 99.4 cm³/mol. The first-order valence-corrected chi connectivity index (χ1v) is 8.52. The average molecular weight is 337 g/mol. The Kier molecular flexibility index (Phi) is 5.51. The summed E-state index contributed by atoms with van der Waals surface area (Å²) in [6.07, 6.45) is 7.33. The molecule has 0 aromatic heterocycles. The number of aromatic hydroxyl groups is 1. The third kappa shape index (κ3) is 4.94. The van der Waals surface area contributed by atoms with Crippen LogP contribution in [0, 0.1) is 0 Å². The number of phenolic OH excluding ortho intramolecular Hbond substituents is 1. The van der Waals surface area contributed by atoms with E-state index in [0.29, 0.717) is 6.42 Å². The van der Waals surface area contributed by atoms with Crippen LogP contribution in [0.2, 0.25) is 0 Å². The van der Waals surface area contributed by atoms with Gasteiger partial charge < -0.3 is 14.9 Å². The summed E-state index contributed by atoms with van der Waals surface area (Å²) in [6.45, 7) is 0.244. The van der Waals surface area contributed by atoms with Crippen molar-refractivity contribution in [3.63, 3.8) is 0 Å². The number of rotatable bonds is 8. The van der Waals surface area contributed by atoms with Gasteiger partial charge in [-0.3, -0.25) is 4.99 Å². The first-order chi connectivity index (χ1) is 12.2. The SMILES string of the molecule is Oc1ccc(CCC2(CC(O)COc3ccccc3)C=CC=N2)cc1. The topological polar surface area (TPSA) is 62.0 Å². The molecule has 2 atom stereocenters. The molecule has 25 heavy (non-hydrogen) atoms. The highest BCUT2D eigenvalue weighted by molar-refractivity contribution is 5.75. The number of nitrogens with zero attached hydrogens (tertiary/aromatic N) is 1. The number of hydrogen-bond donors (Lipinski definition) is 2. The lowest BCUT2D eigenvalue weighted by molar-refractivity contribution is 0.0848. The van der Waals surface area contributed by atoms with Gasteiger partial charge in [-0.15, -0.1) is 0 Å². The highest BCUT2D eigenvalue weighted by atomic mass is 16.5. The Morgan fingerprint density at radius 2 is 1.80 bits per heavy atom. The summed E-state index contributed by atoms with van der Waals surface area (Å²) in [5, 5.41) is 19.8. The molecule has 0 bridgehead atoms. The molecule has 1 heterocycles. The summed E-state index contributed by atoms with van der Waals surface area (Å²) >= 11 is 0. The van der Waals surface area contributed by atoms with Crippen molar-refractivity contribution in [3.05, 3.63) is 72.3 Å². The van der Waals surface area contributed by atoms with Crippen LogP contribution < -0.4 is 4.74 Å². The molecule has 0 saturated carbocycles. The van der Waals surface area contributed by atoms with E-state index < -0.39 is 11.6 Å². The van der Waals surface area contributed by atoms with Crippen molar-refractivity contribution >= 4 is 6.21 Å². The lowest BCUT2D eigenvalue weighted by Crippen LogP contribution is -2.32. The van der Waals surface area contributed by atoms with E-state index in [9.17, 15) is 10.2 Å². The highest BCUT2D eigenvalue weighted by Crippen LogP contribution is 2.29. The molecule has 4 heteroatoms. The van der Waals surface area contributed by atoms with Crippen LogP contribution in [0.1, 0.15) is 18.4 Å². The maximum atomic E-state index is 10.4. The maximum absolute atomic E-state index is 10.4.